The molecular formula is C34H31N5O3. The molecule has 8 nitrogen and oxygen atoms in total. The lowest BCUT2D eigenvalue weighted by Gasteiger charge is -2.19. The zero-order chi connectivity index (χ0) is 29.5. The van der Waals surface area contributed by atoms with Crippen LogP contribution in [0.4, 0.5) is 17.3 Å². The predicted octanol–water partition coefficient (Wildman–Crippen LogP) is 6.71. The fraction of sp³-hybridized carbons (Fsp3) is 0.176. The van der Waals surface area contributed by atoms with E-state index in [1.54, 1.807) is 31.3 Å². The number of pyridine rings is 1. The Labute approximate surface area is 245 Å². The summed E-state index contributed by atoms with van der Waals surface area (Å²) in [5.74, 6) is 6.85. The monoisotopic (exact) mass is 557 g/mol. The second-order valence-corrected chi connectivity index (χ2v) is 9.51. The third kappa shape index (κ3) is 6.31. The maximum absolute atomic E-state index is 12.4. The molecule has 0 unspecified atom stereocenters. The van der Waals surface area contributed by atoms with Gasteiger partial charge in [-0.3, -0.25) is 4.79 Å². The number of hydrogen-bond donors (Lipinski definition) is 1. The first-order valence-corrected chi connectivity index (χ1v) is 13.6. The Morgan fingerprint density at radius 1 is 1.02 bits per heavy atom. The molecule has 210 valence electrons. The summed E-state index contributed by atoms with van der Waals surface area (Å²) in [6, 6.07) is 23.3. The zero-order valence-corrected chi connectivity index (χ0v) is 24.0. The fourth-order valence-corrected chi connectivity index (χ4v) is 4.61. The number of nitrogens with zero attached hydrogens (tertiary/aromatic N) is 4. The van der Waals surface area contributed by atoms with Crippen molar-refractivity contribution in [1.29, 1.82) is 0 Å². The van der Waals surface area contributed by atoms with Gasteiger partial charge in [0, 0.05) is 41.3 Å². The summed E-state index contributed by atoms with van der Waals surface area (Å²) in [6.45, 7) is 6.51. The van der Waals surface area contributed by atoms with Crippen LogP contribution in [-0.2, 0) is 11.4 Å². The Bertz CT molecular complexity index is 1790. The van der Waals surface area contributed by atoms with Crippen LogP contribution >= 0.6 is 0 Å². The first-order chi connectivity index (χ1) is 20.5. The third-order valence-electron chi connectivity index (χ3n) is 6.73. The van der Waals surface area contributed by atoms with Gasteiger partial charge in [0.1, 0.15) is 12.4 Å². The summed E-state index contributed by atoms with van der Waals surface area (Å²) in [5, 5.41) is 4.14. The molecular weight excluding hydrogens is 526 g/mol. The van der Waals surface area contributed by atoms with E-state index in [4.69, 9.17) is 14.5 Å². The summed E-state index contributed by atoms with van der Waals surface area (Å²) in [4.78, 5) is 27.8. The van der Waals surface area contributed by atoms with Crippen molar-refractivity contribution in [1.82, 2.24) is 15.0 Å². The van der Waals surface area contributed by atoms with Crippen molar-refractivity contribution >= 4 is 34.1 Å². The molecule has 0 aliphatic rings. The number of rotatable bonds is 9. The van der Waals surface area contributed by atoms with Crippen molar-refractivity contribution in [3.63, 3.8) is 0 Å². The number of anilines is 3. The lowest BCUT2D eigenvalue weighted by Crippen LogP contribution is -2.29. The molecule has 0 spiro atoms. The highest BCUT2D eigenvalue weighted by Crippen LogP contribution is 2.34. The number of benzene rings is 3. The lowest BCUT2D eigenvalue weighted by atomic mass is 10.0. The number of hydrogen-bond acceptors (Lipinski definition) is 7. The first-order valence-electron chi connectivity index (χ1n) is 13.6. The number of aromatic nitrogens is 3. The van der Waals surface area contributed by atoms with Crippen LogP contribution in [0.2, 0.25) is 0 Å². The number of fused-ring (bicyclic) bond motifs is 1. The number of carbonyl (C=O) groups excluding carboxylic acids is 1. The molecule has 0 saturated carbocycles. The molecule has 0 radical (unpaired) electrons. The van der Waals surface area contributed by atoms with Gasteiger partial charge in [0.25, 0.3) is 0 Å². The van der Waals surface area contributed by atoms with E-state index in [9.17, 15) is 4.79 Å². The van der Waals surface area contributed by atoms with E-state index in [1.807, 2.05) is 86.6 Å². The lowest BCUT2D eigenvalue weighted by molar-refractivity contribution is -0.113. The smallest absolute Gasteiger partial charge is 0.302 e. The Hall–Kier alpha value is -5.42. The van der Waals surface area contributed by atoms with Gasteiger partial charge in [-0.2, -0.15) is 0 Å². The van der Waals surface area contributed by atoms with Crippen LogP contribution in [0, 0.1) is 18.8 Å². The Kier molecular flexibility index (Phi) is 8.59. The normalized spacial score (nSPS) is 10.5. The predicted molar refractivity (Wildman–Crippen MR) is 166 cm³/mol. The number of ether oxygens (including phenoxy) is 2. The van der Waals surface area contributed by atoms with Crippen molar-refractivity contribution in [2.75, 3.05) is 23.9 Å². The van der Waals surface area contributed by atoms with Gasteiger partial charge >= 0.3 is 5.91 Å². The van der Waals surface area contributed by atoms with Crippen LogP contribution in [0.25, 0.3) is 22.0 Å². The molecule has 42 heavy (non-hydrogen) atoms. The molecule has 3 aromatic carbocycles. The average molecular weight is 558 g/mol. The minimum absolute atomic E-state index is 0.243. The average Bonchev–Trinajstić information content (AvgIpc) is 3.01. The molecule has 1 N–H and O–H groups in total. The van der Waals surface area contributed by atoms with Crippen molar-refractivity contribution in [3.05, 3.63) is 96.3 Å². The van der Waals surface area contributed by atoms with Crippen LogP contribution in [0.15, 0.2) is 85.2 Å². The van der Waals surface area contributed by atoms with E-state index in [2.05, 4.69) is 27.1 Å². The van der Waals surface area contributed by atoms with Gasteiger partial charge in [0.15, 0.2) is 0 Å². The highest BCUT2D eigenvalue weighted by Gasteiger charge is 2.14. The van der Waals surface area contributed by atoms with Gasteiger partial charge in [-0.15, -0.1) is 0 Å². The molecule has 0 fully saturated rings. The second-order valence-electron chi connectivity index (χ2n) is 9.51. The van der Waals surface area contributed by atoms with Crippen LogP contribution in [0.5, 0.6) is 11.6 Å². The summed E-state index contributed by atoms with van der Waals surface area (Å²) in [6.07, 6.45) is 3.55. The molecule has 8 heteroatoms. The van der Waals surface area contributed by atoms with Gasteiger partial charge < -0.3 is 19.7 Å². The summed E-state index contributed by atoms with van der Waals surface area (Å²) in [7, 11) is 1.65. The second kappa shape index (κ2) is 12.8. The highest BCUT2D eigenvalue weighted by molar-refractivity contribution is 6.06. The number of carbonyl (C=O) groups is 1. The van der Waals surface area contributed by atoms with Crippen LogP contribution < -0.4 is 19.7 Å². The van der Waals surface area contributed by atoms with E-state index >= 15 is 0 Å². The largest absolute Gasteiger partial charge is 0.497 e. The highest BCUT2D eigenvalue weighted by atomic mass is 16.5. The maximum atomic E-state index is 12.4. The number of nitrogens with one attached hydrogen (secondary N) is 1. The SMILES string of the molecule is CC#CC(=O)N(CC)c1cccc(Nc2ncc3cc(-c4c(C)ccnc4OCc4ccc(OC)cc4)ccc3n2)c1. The number of amides is 1. The summed E-state index contributed by atoms with van der Waals surface area (Å²) in [5.41, 5.74) is 6.27. The van der Waals surface area contributed by atoms with E-state index < -0.39 is 0 Å². The summed E-state index contributed by atoms with van der Waals surface area (Å²) < 4.78 is 11.4. The van der Waals surface area contributed by atoms with Crippen LogP contribution in [0.3, 0.4) is 0 Å². The van der Waals surface area contributed by atoms with Gasteiger partial charge in [-0.05, 0) is 91.9 Å². The molecule has 0 bridgehead atoms. The minimum Gasteiger partial charge on any atom is -0.497 e. The van der Waals surface area contributed by atoms with Gasteiger partial charge in [-0.25, -0.2) is 15.0 Å². The first kappa shape index (κ1) is 28.1. The molecule has 2 heterocycles. The molecule has 0 aliphatic heterocycles. The van der Waals surface area contributed by atoms with E-state index in [1.165, 1.54) is 0 Å². The molecule has 0 saturated heterocycles. The zero-order valence-electron chi connectivity index (χ0n) is 24.0. The Morgan fingerprint density at radius 3 is 2.62 bits per heavy atom. The molecule has 1 amide bonds. The molecule has 2 aromatic heterocycles. The maximum Gasteiger partial charge on any atom is 0.302 e. The molecule has 5 aromatic rings. The quantitative estimate of drug-likeness (QED) is 0.202. The number of aryl methyl sites for hydroxylation is 1. The Morgan fingerprint density at radius 2 is 1.86 bits per heavy atom. The van der Waals surface area contributed by atoms with Gasteiger partial charge in [0.2, 0.25) is 11.8 Å². The van der Waals surface area contributed by atoms with E-state index in [0.717, 1.165) is 50.3 Å². The Balaban J connectivity index is 1.37. The fourth-order valence-electron chi connectivity index (χ4n) is 4.61. The van der Waals surface area contributed by atoms with Crippen molar-refractivity contribution in [2.45, 2.75) is 27.4 Å². The van der Waals surface area contributed by atoms with E-state index in [-0.39, 0.29) is 5.91 Å². The topological polar surface area (TPSA) is 89.5 Å². The van der Waals surface area contributed by atoms with Crippen molar-refractivity contribution in [3.8, 4) is 34.6 Å². The van der Waals surface area contributed by atoms with Crippen LogP contribution in [-0.4, -0.2) is 34.5 Å². The van der Waals surface area contributed by atoms with Crippen molar-refractivity contribution < 1.29 is 14.3 Å². The van der Waals surface area contributed by atoms with E-state index in [0.29, 0.717) is 25.0 Å². The summed E-state index contributed by atoms with van der Waals surface area (Å²) >= 11 is 0. The number of methoxy groups -OCH3 is 1. The van der Waals surface area contributed by atoms with Gasteiger partial charge in [0.05, 0.1) is 12.6 Å². The molecule has 5 rings (SSSR count). The minimum atomic E-state index is -0.243. The molecule has 0 aliphatic carbocycles. The van der Waals surface area contributed by atoms with Crippen LogP contribution in [0.1, 0.15) is 25.0 Å². The standard InChI is InChI=1S/C34H31N5O3/c1-5-8-31(40)39(6-2)28-10-7-9-27(20-28)37-34-36-21-26-19-25(13-16-30(26)38-34)32-23(3)17-18-35-33(32)42-22-24-11-14-29(41-4)15-12-24/h7,9-21H,6,22H2,1-4H3,(H,36,37,38). The van der Waals surface area contributed by atoms with Crippen molar-refractivity contribution in [2.24, 2.45) is 0 Å². The van der Waals surface area contributed by atoms with Gasteiger partial charge in [-0.1, -0.05) is 30.2 Å². The molecule has 0 atom stereocenters. The third-order valence-corrected chi connectivity index (χ3v) is 6.73.